The molecule has 1 aliphatic heterocycles. The van der Waals surface area contributed by atoms with Crippen molar-refractivity contribution < 1.29 is 0 Å². The quantitative estimate of drug-likeness (QED) is 0.710. The van der Waals surface area contributed by atoms with Crippen molar-refractivity contribution in [1.82, 2.24) is 19.7 Å². The largest absolute Gasteiger partial charge is 0.353 e. The van der Waals surface area contributed by atoms with Crippen LogP contribution in [0.2, 0.25) is 5.02 Å². The van der Waals surface area contributed by atoms with E-state index in [0.29, 0.717) is 10.6 Å². The Morgan fingerprint density at radius 2 is 1.81 bits per heavy atom. The normalized spacial score (nSPS) is 14.3. The fourth-order valence-corrected chi connectivity index (χ4v) is 3.28. The van der Waals surface area contributed by atoms with Gasteiger partial charge in [0.15, 0.2) is 5.82 Å². The minimum atomic E-state index is 0.469. The molecule has 0 unspecified atom stereocenters. The third kappa shape index (κ3) is 3.19. The molecule has 0 atom stereocenters. The first-order chi connectivity index (χ1) is 12.7. The zero-order valence-corrected chi connectivity index (χ0v) is 14.7. The molecule has 3 aromatic heterocycles. The van der Waals surface area contributed by atoms with Gasteiger partial charge in [-0.2, -0.15) is 10.4 Å². The van der Waals surface area contributed by atoms with Crippen LogP contribution in [0.25, 0.3) is 5.82 Å². The molecule has 0 spiro atoms. The zero-order chi connectivity index (χ0) is 17.9. The van der Waals surface area contributed by atoms with Gasteiger partial charge in [0.05, 0.1) is 10.6 Å². The first kappa shape index (κ1) is 16.4. The predicted octanol–water partition coefficient (Wildman–Crippen LogP) is 2.51. The third-order valence-electron chi connectivity index (χ3n) is 4.31. The highest BCUT2D eigenvalue weighted by Gasteiger charge is 2.21. The summed E-state index contributed by atoms with van der Waals surface area (Å²) in [5.74, 6) is 2.45. The molecule has 8 heteroatoms. The maximum Gasteiger partial charge on any atom is 0.155 e. The molecule has 3 aromatic rings. The van der Waals surface area contributed by atoms with E-state index in [2.05, 4.69) is 26.0 Å². The van der Waals surface area contributed by atoms with Gasteiger partial charge in [0.25, 0.3) is 0 Å². The lowest BCUT2D eigenvalue weighted by Crippen LogP contribution is -2.47. The van der Waals surface area contributed by atoms with E-state index in [-0.39, 0.29) is 0 Å². The molecule has 0 saturated carbocycles. The second-order valence-corrected chi connectivity index (χ2v) is 6.33. The third-order valence-corrected chi connectivity index (χ3v) is 4.59. The van der Waals surface area contributed by atoms with E-state index in [1.54, 1.807) is 23.1 Å². The summed E-state index contributed by atoms with van der Waals surface area (Å²) in [6.45, 7) is 3.19. The molecule has 0 N–H and O–H groups in total. The summed E-state index contributed by atoms with van der Waals surface area (Å²) in [7, 11) is 0. The Hall–Kier alpha value is -3.11. The first-order valence-electron chi connectivity index (χ1n) is 8.27. The SMILES string of the molecule is N#Cc1cnc(N2CCN(c3cccc(-n4cccn4)n3)CC2)c(Cl)c1. The lowest BCUT2D eigenvalue weighted by Gasteiger charge is -2.36. The molecule has 1 fully saturated rings. The monoisotopic (exact) mass is 365 g/mol. The van der Waals surface area contributed by atoms with Crippen LogP contribution in [0.1, 0.15) is 5.56 Å². The Bertz CT molecular complexity index is 940. The Kier molecular flexibility index (Phi) is 4.42. The number of piperazine rings is 1. The number of hydrogen-bond donors (Lipinski definition) is 0. The number of anilines is 2. The Morgan fingerprint density at radius 1 is 1.04 bits per heavy atom. The lowest BCUT2D eigenvalue weighted by molar-refractivity contribution is 0.640. The molecule has 0 bridgehead atoms. The molecule has 7 nitrogen and oxygen atoms in total. The van der Waals surface area contributed by atoms with Crippen molar-refractivity contribution in [2.75, 3.05) is 36.0 Å². The maximum atomic E-state index is 8.93. The summed E-state index contributed by atoms with van der Waals surface area (Å²) in [6.07, 6.45) is 5.17. The predicted molar refractivity (Wildman–Crippen MR) is 99.7 cm³/mol. The number of pyridine rings is 2. The number of halogens is 1. The smallest absolute Gasteiger partial charge is 0.155 e. The van der Waals surface area contributed by atoms with Crippen LogP contribution in [0.4, 0.5) is 11.6 Å². The van der Waals surface area contributed by atoms with E-state index in [1.807, 2.05) is 30.5 Å². The molecule has 130 valence electrons. The van der Waals surface area contributed by atoms with E-state index >= 15 is 0 Å². The van der Waals surface area contributed by atoms with E-state index in [0.717, 1.165) is 43.6 Å². The van der Waals surface area contributed by atoms with Gasteiger partial charge in [-0.25, -0.2) is 14.6 Å². The highest BCUT2D eigenvalue weighted by atomic mass is 35.5. The molecule has 1 saturated heterocycles. The van der Waals surface area contributed by atoms with Gasteiger partial charge in [-0.15, -0.1) is 0 Å². The van der Waals surface area contributed by atoms with E-state index in [1.165, 1.54) is 0 Å². The average molecular weight is 366 g/mol. The average Bonchev–Trinajstić information content (AvgIpc) is 3.23. The van der Waals surface area contributed by atoms with Gasteiger partial charge in [-0.05, 0) is 24.3 Å². The Labute approximate surface area is 156 Å². The maximum absolute atomic E-state index is 8.93. The molecule has 4 rings (SSSR count). The van der Waals surface area contributed by atoms with Crippen LogP contribution < -0.4 is 9.80 Å². The first-order valence-corrected chi connectivity index (χ1v) is 8.65. The van der Waals surface area contributed by atoms with Crippen molar-refractivity contribution in [3.05, 3.63) is 59.5 Å². The number of aromatic nitrogens is 4. The van der Waals surface area contributed by atoms with Crippen LogP contribution in [0, 0.1) is 11.3 Å². The zero-order valence-electron chi connectivity index (χ0n) is 14.0. The van der Waals surface area contributed by atoms with Gasteiger partial charge in [-0.3, -0.25) is 0 Å². The summed E-state index contributed by atoms with van der Waals surface area (Å²) in [6, 6.07) is 11.5. The van der Waals surface area contributed by atoms with Crippen LogP contribution in [0.5, 0.6) is 0 Å². The van der Waals surface area contributed by atoms with Crippen molar-refractivity contribution in [3.63, 3.8) is 0 Å². The van der Waals surface area contributed by atoms with Crippen molar-refractivity contribution in [2.24, 2.45) is 0 Å². The van der Waals surface area contributed by atoms with Crippen molar-refractivity contribution >= 4 is 23.2 Å². The van der Waals surface area contributed by atoms with Crippen molar-refractivity contribution in [3.8, 4) is 11.9 Å². The van der Waals surface area contributed by atoms with Gasteiger partial charge in [0.2, 0.25) is 0 Å². The lowest BCUT2D eigenvalue weighted by atomic mass is 10.2. The summed E-state index contributed by atoms with van der Waals surface area (Å²) in [4.78, 5) is 13.4. The second kappa shape index (κ2) is 7.02. The van der Waals surface area contributed by atoms with Crippen LogP contribution in [-0.2, 0) is 0 Å². The fraction of sp³-hybridized carbons (Fsp3) is 0.222. The molecule has 0 radical (unpaired) electrons. The number of rotatable bonds is 3. The highest BCUT2D eigenvalue weighted by Crippen LogP contribution is 2.26. The van der Waals surface area contributed by atoms with Crippen LogP contribution in [-0.4, -0.2) is 45.9 Å². The summed E-state index contributed by atoms with van der Waals surface area (Å²) in [5.41, 5.74) is 0.469. The van der Waals surface area contributed by atoms with Crippen LogP contribution in [0.15, 0.2) is 48.9 Å². The molecular formula is C18H16ClN7. The number of nitrogens with zero attached hydrogens (tertiary/aromatic N) is 7. The van der Waals surface area contributed by atoms with Gasteiger partial charge in [-0.1, -0.05) is 17.7 Å². The van der Waals surface area contributed by atoms with Gasteiger partial charge < -0.3 is 9.80 Å². The molecule has 26 heavy (non-hydrogen) atoms. The summed E-state index contributed by atoms with van der Waals surface area (Å²) >= 11 is 6.28. The number of hydrogen-bond acceptors (Lipinski definition) is 6. The fourth-order valence-electron chi connectivity index (χ4n) is 2.99. The topological polar surface area (TPSA) is 73.9 Å². The van der Waals surface area contributed by atoms with E-state index in [9.17, 15) is 0 Å². The molecule has 1 aliphatic rings. The number of nitriles is 1. The van der Waals surface area contributed by atoms with E-state index in [4.69, 9.17) is 21.8 Å². The molecule has 0 aliphatic carbocycles. The summed E-state index contributed by atoms with van der Waals surface area (Å²) < 4.78 is 1.75. The minimum Gasteiger partial charge on any atom is -0.353 e. The highest BCUT2D eigenvalue weighted by molar-refractivity contribution is 6.33. The standard InChI is InChI=1S/C18H16ClN7/c19-15-11-14(12-20)13-21-18(15)25-9-7-24(8-10-25)16-3-1-4-17(23-16)26-6-2-5-22-26/h1-6,11,13H,7-10H2. The van der Waals surface area contributed by atoms with Crippen LogP contribution in [0.3, 0.4) is 0 Å². The molecular weight excluding hydrogens is 350 g/mol. The van der Waals surface area contributed by atoms with Crippen molar-refractivity contribution in [2.45, 2.75) is 0 Å². The van der Waals surface area contributed by atoms with Gasteiger partial charge >= 0.3 is 0 Å². The second-order valence-electron chi connectivity index (χ2n) is 5.92. The van der Waals surface area contributed by atoms with Gasteiger partial charge in [0.1, 0.15) is 17.7 Å². The molecule has 0 aromatic carbocycles. The van der Waals surface area contributed by atoms with Crippen molar-refractivity contribution in [1.29, 1.82) is 5.26 Å². The summed E-state index contributed by atoms with van der Waals surface area (Å²) in [5, 5.41) is 13.7. The Morgan fingerprint density at radius 3 is 2.50 bits per heavy atom. The molecule has 4 heterocycles. The minimum absolute atomic E-state index is 0.469. The van der Waals surface area contributed by atoms with Gasteiger partial charge in [0, 0.05) is 44.8 Å². The van der Waals surface area contributed by atoms with E-state index < -0.39 is 0 Å². The van der Waals surface area contributed by atoms with Crippen LogP contribution >= 0.6 is 11.6 Å². The molecule has 0 amide bonds. The Balaban J connectivity index is 1.47.